The molecule has 0 bridgehead atoms. The Bertz CT molecular complexity index is 1690. The minimum absolute atomic E-state index is 0.164. The lowest BCUT2D eigenvalue weighted by Gasteiger charge is -2.25. The van der Waals surface area contributed by atoms with E-state index in [1.165, 1.54) is 7.11 Å². The third kappa shape index (κ3) is 22.6. The zero-order valence-electron chi connectivity index (χ0n) is 34.9. The Morgan fingerprint density at radius 3 is 1.81 bits per heavy atom. The molecule has 10 heteroatoms. The van der Waals surface area contributed by atoms with Gasteiger partial charge in [-0.15, -0.1) is 0 Å². The summed E-state index contributed by atoms with van der Waals surface area (Å²) in [5.74, 6) is -0.589. The molecule has 0 saturated heterocycles. The van der Waals surface area contributed by atoms with Crippen LogP contribution in [0.1, 0.15) is 107 Å². The average molecular weight is 815 g/mol. The molecule has 2 aromatic rings. The molecule has 0 aliphatic carbocycles. The van der Waals surface area contributed by atoms with Crippen LogP contribution < -0.4 is 20.7 Å². The van der Waals surface area contributed by atoms with E-state index in [-0.39, 0.29) is 24.1 Å². The molecular weight excluding hydrogens is 750 g/mol. The summed E-state index contributed by atoms with van der Waals surface area (Å²) in [5.41, 5.74) is 0.434. The number of carbonyl (C=O) groups excluding carboxylic acids is 4. The molecule has 0 aliphatic heterocycles. The van der Waals surface area contributed by atoms with Gasteiger partial charge >= 0.3 is 5.97 Å². The first-order valence-corrected chi connectivity index (χ1v) is 20.8. The van der Waals surface area contributed by atoms with Crippen LogP contribution in [-0.2, 0) is 25.5 Å². The smallest absolute Gasteiger partial charge is 0.328 e. The van der Waals surface area contributed by atoms with E-state index in [1.807, 2.05) is 24.3 Å². The van der Waals surface area contributed by atoms with E-state index in [0.29, 0.717) is 61.5 Å². The van der Waals surface area contributed by atoms with E-state index >= 15 is 0 Å². The van der Waals surface area contributed by atoms with Crippen LogP contribution >= 0.6 is 11.6 Å². The molecule has 0 aliphatic rings. The van der Waals surface area contributed by atoms with Crippen molar-refractivity contribution in [3.05, 3.63) is 138 Å². The Labute approximate surface area is 351 Å². The van der Waals surface area contributed by atoms with Gasteiger partial charge in [-0.2, -0.15) is 0 Å². The largest absolute Gasteiger partial charge is 0.478 e. The highest BCUT2D eigenvalue weighted by molar-refractivity contribution is 6.30. The summed E-state index contributed by atoms with van der Waals surface area (Å²) in [6.07, 6.45) is 34.4. The second-order valence-corrected chi connectivity index (χ2v) is 14.6. The van der Waals surface area contributed by atoms with E-state index in [0.717, 1.165) is 44.1 Å². The second kappa shape index (κ2) is 30.0. The number of halogens is 1. The number of esters is 1. The standard InChI is InChI=1S/C48H64ClN3O6/c1-5-6-7-8-9-10-11-12-13-14-15-16-17-18-19-20-21-22-23-27-44(53)52-43(46(55)57-4)26-24-25-37-51-47(56)48(2,3)58-42-34-28-39(29-35-42)36-38-50-45(54)40-30-32-41(49)33-31-40/h6-7,9-10,12-13,15-16,18-19,21-22,28-35,43H,5,8,11,14,17,20,23-27,36-38H2,1-4H3,(H,50,54)(H,51,56)(H,52,53). The fourth-order valence-corrected chi connectivity index (χ4v) is 5.61. The highest BCUT2D eigenvalue weighted by Gasteiger charge is 2.29. The molecule has 3 N–H and O–H groups in total. The topological polar surface area (TPSA) is 123 Å². The molecule has 0 saturated carbocycles. The van der Waals surface area contributed by atoms with Gasteiger partial charge in [-0.1, -0.05) is 104 Å². The molecule has 0 heterocycles. The summed E-state index contributed by atoms with van der Waals surface area (Å²) in [7, 11) is 1.30. The Kier molecular flexibility index (Phi) is 25.3. The maximum atomic E-state index is 12.9. The first kappa shape index (κ1) is 49.0. The summed E-state index contributed by atoms with van der Waals surface area (Å²) in [6, 6.07) is 13.4. The van der Waals surface area contributed by atoms with Gasteiger partial charge in [0.15, 0.2) is 5.60 Å². The lowest BCUT2D eigenvalue weighted by Crippen LogP contribution is -2.46. The van der Waals surface area contributed by atoms with Gasteiger partial charge in [0.1, 0.15) is 11.8 Å². The third-order valence-corrected chi connectivity index (χ3v) is 9.06. The number of carbonyl (C=O) groups is 4. The van der Waals surface area contributed by atoms with Crippen LogP contribution in [0.3, 0.4) is 0 Å². The van der Waals surface area contributed by atoms with E-state index < -0.39 is 17.6 Å². The van der Waals surface area contributed by atoms with Gasteiger partial charge in [0.05, 0.1) is 7.11 Å². The minimum atomic E-state index is -1.13. The predicted molar refractivity (Wildman–Crippen MR) is 237 cm³/mol. The first-order valence-electron chi connectivity index (χ1n) is 20.4. The second-order valence-electron chi connectivity index (χ2n) is 14.1. The first-order chi connectivity index (χ1) is 28.1. The van der Waals surface area contributed by atoms with Gasteiger partial charge in [-0.05, 0) is 126 Å². The molecule has 3 amide bonds. The molecule has 0 aromatic heterocycles. The highest BCUT2D eigenvalue weighted by atomic mass is 35.5. The molecule has 0 fully saturated rings. The monoisotopic (exact) mass is 813 g/mol. The Morgan fingerprint density at radius 2 is 1.26 bits per heavy atom. The maximum absolute atomic E-state index is 12.9. The van der Waals surface area contributed by atoms with E-state index in [1.54, 1.807) is 50.2 Å². The number of unbranched alkanes of at least 4 members (excludes halogenated alkanes) is 1. The zero-order chi connectivity index (χ0) is 42.3. The molecule has 0 spiro atoms. The quantitative estimate of drug-likeness (QED) is 0.0447. The lowest BCUT2D eigenvalue weighted by molar-refractivity contribution is -0.145. The van der Waals surface area contributed by atoms with Gasteiger partial charge in [0.2, 0.25) is 5.91 Å². The van der Waals surface area contributed by atoms with Gasteiger partial charge in [0.25, 0.3) is 11.8 Å². The third-order valence-electron chi connectivity index (χ3n) is 8.81. The van der Waals surface area contributed by atoms with Crippen molar-refractivity contribution in [2.75, 3.05) is 20.2 Å². The number of methoxy groups -OCH3 is 1. The van der Waals surface area contributed by atoms with Crippen LogP contribution in [0.5, 0.6) is 5.75 Å². The van der Waals surface area contributed by atoms with E-state index in [4.69, 9.17) is 21.1 Å². The maximum Gasteiger partial charge on any atom is 0.328 e. The molecule has 9 nitrogen and oxygen atoms in total. The van der Waals surface area contributed by atoms with Crippen LogP contribution in [-0.4, -0.2) is 55.5 Å². The zero-order valence-corrected chi connectivity index (χ0v) is 35.6. The number of rotatable bonds is 28. The predicted octanol–water partition coefficient (Wildman–Crippen LogP) is 9.89. The number of hydrogen-bond acceptors (Lipinski definition) is 6. The summed E-state index contributed by atoms with van der Waals surface area (Å²) in [6.45, 7) is 6.39. The van der Waals surface area contributed by atoms with Crippen molar-refractivity contribution in [1.82, 2.24) is 16.0 Å². The van der Waals surface area contributed by atoms with E-state index in [9.17, 15) is 19.2 Å². The average Bonchev–Trinajstić information content (AvgIpc) is 3.21. The number of amides is 3. The molecule has 314 valence electrons. The number of nitrogens with one attached hydrogen (secondary N) is 3. The van der Waals surface area contributed by atoms with Crippen LogP contribution in [0.4, 0.5) is 0 Å². The van der Waals surface area contributed by atoms with Crippen molar-refractivity contribution in [3.8, 4) is 5.75 Å². The summed E-state index contributed by atoms with van der Waals surface area (Å²) < 4.78 is 10.9. The molecule has 58 heavy (non-hydrogen) atoms. The Hall–Kier alpha value is -5.15. The Balaban J connectivity index is 1.60. The molecule has 1 unspecified atom stereocenters. The van der Waals surface area contributed by atoms with Gasteiger partial charge < -0.3 is 25.4 Å². The van der Waals surface area contributed by atoms with Gasteiger partial charge in [-0.3, -0.25) is 14.4 Å². The summed E-state index contributed by atoms with van der Waals surface area (Å²) in [4.78, 5) is 50.2. The van der Waals surface area contributed by atoms with Crippen molar-refractivity contribution in [1.29, 1.82) is 0 Å². The van der Waals surface area contributed by atoms with Crippen molar-refractivity contribution < 1.29 is 28.7 Å². The number of allylic oxidation sites excluding steroid dienone is 12. The van der Waals surface area contributed by atoms with Crippen LogP contribution in [0, 0.1) is 0 Å². The van der Waals surface area contributed by atoms with Crippen LogP contribution in [0.15, 0.2) is 121 Å². The van der Waals surface area contributed by atoms with E-state index in [2.05, 4.69) is 83.6 Å². The van der Waals surface area contributed by atoms with Crippen LogP contribution in [0.25, 0.3) is 0 Å². The fourth-order valence-electron chi connectivity index (χ4n) is 5.49. The van der Waals surface area contributed by atoms with Crippen molar-refractivity contribution in [2.45, 2.75) is 109 Å². The Morgan fingerprint density at radius 1 is 0.707 bits per heavy atom. The van der Waals surface area contributed by atoms with Crippen molar-refractivity contribution in [2.24, 2.45) is 0 Å². The number of ether oxygens (including phenoxy) is 2. The normalized spacial score (nSPS) is 12.6. The molecule has 2 aromatic carbocycles. The number of hydrogen-bond donors (Lipinski definition) is 3. The minimum Gasteiger partial charge on any atom is -0.478 e. The van der Waals surface area contributed by atoms with Crippen molar-refractivity contribution in [3.63, 3.8) is 0 Å². The van der Waals surface area contributed by atoms with Gasteiger partial charge in [-0.25, -0.2) is 4.79 Å². The highest BCUT2D eigenvalue weighted by Crippen LogP contribution is 2.20. The molecule has 1 atom stereocenters. The number of benzene rings is 2. The molecular formula is C48H64ClN3O6. The van der Waals surface area contributed by atoms with Gasteiger partial charge in [0, 0.05) is 30.1 Å². The van der Waals surface area contributed by atoms with Crippen molar-refractivity contribution >= 4 is 35.3 Å². The lowest BCUT2D eigenvalue weighted by atomic mass is 10.1. The molecule has 2 rings (SSSR count). The fraction of sp³-hybridized carbons (Fsp3) is 0.417. The molecule has 0 radical (unpaired) electrons. The SMILES string of the molecule is CCC=CCC=CCC=CCC=CCC=CCC=CCCC(=O)NC(CCCCNC(=O)C(C)(C)Oc1ccc(CCNC(=O)c2ccc(Cl)cc2)cc1)C(=O)OC. The summed E-state index contributed by atoms with van der Waals surface area (Å²) in [5, 5.41) is 9.18. The van der Waals surface area contributed by atoms with Crippen LogP contribution in [0.2, 0.25) is 5.02 Å². The summed E-state index contributed by atoms with van der Waals surface area (Å²) >= 11 is 5.89.